The fourth-order valence-corrected chi connectivity index (χ4v) is 1.91. The summed E-state index contributed by atoms with van der Waals surface area (Å²) in [6.07, 6.45) is 0. The van der Waals surface area contributed by atoms with E-state index >= 15 is 0 Å². The van der Waals surface area contributed by atoms with Crippen LogP contribution in [0.1, 0.15) is 18.1 Å². The van der Waals surface area contributed by atoms with Gasteiger partial charge in [-0.1, -0.05) is 22.9 Å². The van der Waals surface area contributed by atoms with Gasteiger partial charge in [-0.25, -0.2) is 0 Å². The topological polar surface area (TPSA) is 21.3 Å². The molecule has 1 aromatic rings. The van der Waals surface area contributed by atoms with E-state index in [4.69, 9.17) is 4.74 Å². The molecule has 0 aliphatic rings. The third-order valence-corrected chi connectivity index (χ3v) is 3.79. The standard InChI is InChI=1S/C13H20BrNO/c1-9(8-16-4)7-15-12-5-10(2)13(14)11(3)6-12/h5-6,9,15H,7-8H2,1-4H3. The maximum Gasteiger partial charge on any atom is 0.0504 e. The Balaban J connectivity index is 2.61. The molecule has 2 nitrogen and oxygen atoms in total. The highest BCUT2D eigenvalue weighted by Crippen LogP contribution is 2.25. The summed E-state index contributed by atoms with van der Waals surface area (Å²) < 4.78 is 6.31. The molecule has 1 atom stereocenters. The molecule has 0 radical (unpaired) electrons. The molecule has 0 saturated heterocycles. The normalized spacial score (nSPS) is 12.6. The Kier molecular flexibility index (Phi) is 5.29. The quantitative estimate of drug-likeness (QED) is 0.890. The van der Waals surface area contributed by atoms with Gasteiger partial charge in [-0.05, 0) is 43.0 Å². The van der Waals surface area contributed by atoms with Crippen molar-refractivity contribution in [2.75, 3.05) is 25.6 Å². The average Bonchev–Trinajstić information content (AvgIpc) is 2.23. The summed E-state index contributed by atoms with van der Waals surface area (Å²) in [5.74, 6) is 0.522. The van der Waals surface area contributed by atoms with E-state index in [2.05, 4.69) is 54.2 Å². The summed E-state index contributed by atoms with van der Waals surface area (Å²) in [5.41, 5.74) is 3.71. The van der Waals surface area contributed by atoms with Crippen molar-refractivity contribution in [3.63, 3.8) is 0 Å². The first-order valence-corrected chi connectivity index (χ1v) is 6.33. The molecule has 0 bridgehead atoms. The van der Waals surface area contributed by atoms with Gasteiger partial charge < -0.3 is 10.1 Å². The summed E-state index contributed by atoms with van der Waals surface area (Å²) in [6, 6.07) is 4.33. The molecule has 3 heteroatoms. The van der Waals surface area contributed by atoms with Crippen molar-refractivity contribution in [1.29, 1.82) is 0 Å². The minimum absolute atomic E-state index is 0.522. The Morgan fingerprint density at radius 3 is 2.38 bits per heavy atom. The number of rotatable bonds is 5. The third kappa shape index (κ3) is 3.80. The Bertz CT molecular complexity index is 329. The second kappa shape index (κ2) is 6.26. The molecule has 0 amide bonds. The number of methoxy groups -OCH3 is 1. The van der Waals surface area contributed by atoms with Crippen LogP contribution in [0, 0.1) is 19.8 Å². The van der Waals surface area contributed by atoms with Gasteiger partial charge in [-0.3, -0.25) is 0 Å². The average molecular weight is 286 g/mol. The van der Waals surface area contributed by atoms with Crippen molar-refractivity contribution < 1.29 is 4.74 Å². The van der Waals surface area contributed by atoms with Crippen molar-refractivity contribution in [2.24, 2.45) is 5.92 Å². The lowest BCUT2D eigenvalue weighted by atomic mass is 10.1. The Labute approximate surface area is 107 Å². The number of hydrogen-bond acceptors (Lipinski definition) is 2. The lowest BCUT2D eigenvalue weighted by molar-refractivity contribution is 0.164. The lowest BCUT2D eigenvalue weighted by Gasteiger charge is -2.14. The van der Waals surface area contributed by atoms with Gasteiger partial charge >= 0.3 is 0 Å². The second-order valence-electron chi connectivity index (χ2n) is 4.37. The van der Waals surface area contributed by atoms with Gasteiger partial charge in [0.25, 0.3) is 0 Å². The van der Waals surface area contributed by atoms with Crippen LogP contribution < -0.4 is 5.32 Å². The maximum atomic E-state index is 5.11. The predicted molar refractivity (Wildman–Crippen MR) is 73.1 cm³/mol. The van der Waals surface area contributed by atoms with Gasteiger partial charge in [0.05, 0.1) is 6.61 Å². The summed E-state index contributed by atoms with van der Waals surface area (Å²) >= 11 is 3.57. The highest BCUT2D eigenvalue weighted by molar-refractivity contribution is 9.10. The number of benzene rings is 1. The van der Waals surface area contributed by atoms with E-state index in [1.807, 2.05) is 0 Å². The highest BCUT2D eigenvalue weighted by Gasteiger charge is 2.04. The molecule has 1 rings (SSSR count). The predicted octanol–water partition coefficient (Wildman–Crippen LogP) is 3.76. The molecule has 0 saturated carbocycles. The van der Waals surface area contributed by atoms with Crippen LogP contribution in [0.2, 0.25) is 0 Å². The number of halogens is 1. The number of ether oxygens (including phenoxy) is 1. The number of hydrogen-bond donors (Lipinski definition) is 1. The highest BCUT2D eigenvalue weighted by atomic mass is 79.9. The van der Waals surface area contributed by atoms with E-state index < -0.39 is 0 Å². The molecular weight excluding hydrogens is 266 g/mol. The molecule has 1 N–H and O–H groups in total. The van der Waals surface area contributed by atoms with E-state index in [0.29, 0.717) is 5.92 Å². The first kappa shape index (κ1) is 13.5. The van der Waals surface area contributed by atoms with Gasteiger partial charge in [-0.15, -0.1) is 0 Å². The van der Waals surface area contributed by atoms with E-state index in [1.54, 1.807) is 7.11 Å². The van der Waals surface area contributed by atoms with E-state index in [9.17, 15) is 0 Å². The molecule has 1 aromatic carbocycles. The molecule has 0 heterocycles. The number of nitrogens with one attached hydrogen (secondary N) is 1. The molecule has 0 fully saturated rings. The van der Waals surface area contributed by atoms with E-state index in [-0.39, 0.29) is 0 Å². The fourth-order valence-electron chi connectivity index (χ4n) is 1.68. The van der Waals surface area contributed by atoms with Crippen molar-refractivity contribution in [2.45, 2.75) is 20.8 Å². The van der Waals surface area contributed by atoms with Gasteiger partial charge in [-0.2, -0.15) is 0 Å². The van der Waals surface area contributed by atoms with Crippen LogP contribution in [-0.4, -0.2) is 20.3 Å². The minimum Gasteiger partial charge on any atom is -0.385 e. The van der Waals surface area contributed by atoms with Crippen LogP contribution >= 0.6 is 15.9 Å². The summed E-state index contributed by atoms with van der Waals surface area (Å²) in [4.78, 5) is 0. The first-order chi connectivity index (χ1) is 7.54. The smallest absolute Gasteiger partial charge is 0.0504 e. The molecule has 0 aliphatic heterocycles. The van der Waals surface area contributed by atoms with Crippen LogP contribution in [0.5, 0.6) is 0 Å². The van der Waals surface area contributed by atoms with Crippen LogP contribution in [0.25, 0.3) is 0 Å². The molecule has 16 heavy (non-hydrogen) atoms. The molecule has 90 valence electrons. The molecule has 1 unspecified atom stereocenters. The van der Waals surface area contributed by atoms with Crippen LogP contribution in [0.3, 0.4) is 0 Å². The number of aryl methyl sites for hydroxylation is 2. The van der Waals surface area contributed by atoms with Crippen molar-refractivity contribution in [3.8, 4) is 0 Å². The summed E-state index contributed by atoms with van der Waals surface area (Å²) in [7, 11) is 1.74. The van der Waals surface area contributed by atoms with E-state index in [0.717, 1.165) is 13.2 Å². The van der Waals surface area contributed by atoms with Crippen LogP contribution in [0.15, 0.2) is 16.6 Å². The van der Waals surface area contributed by atoms with Crippen LogP contribution in [0.4, 0.5) is 5.69 Å². The van der Waals surface area contributed by atoms with Crippen molar-refractivity contribution >= 4 is 21.6 Å². The van der Waals surface area contributed by atoms with E-state index in [1.165, 1.54) is 21.3 Å². The Morgan fingerprint density at radius 2 is 1.88 bits per heavy atom. The van der Waals surface area contributed by atoms with Crippen LogP contribution in [-0.2, 0) is 4.74 Å². The Hall–Kier alpha value is -0.540. The van der Waals surface area contributed by atoms with Crippen molar-refractivity contribution in [1.82, 2.24) is 0 Å². The zero-order valence-corrected chi connectivity index (χ0v) is 12.0. The zero-order chi connectivity index (χ0) is 12.1. The fraction of sp³-hybridized carbons (Fsp3) is 0.538. The molecule has 0 aliphatic carbocycles. The van der Waals surface area contributed by atoms with Gasteiger partial charge in [0.1, 0.15) is 0 Å². The molecule has 0 aromatic heterocycles. The zero-order valence-electron chi connectivity index (χ0n) is 10.4. The number of anilines is 1. The van der Waals surface area contributed by atoms with Gasteiger partial charge in [0, 0.05) is 23.8 Å². The van der Waals surface area contributed by atoms with Crippen molar-refractivity contribution in [3.05, 3.63) is 27.7 Å². The SMILES string of the molecule is COCC(C)CNc1cc(C)c(Br)c(C)c1. The third-order valence-electron chi connectivity index (χ3n) is 2.54. The Morgan fingerprint density at radius 1 is 1.31 bits per heavy atom. The molecular formula is C13H20BrNO. The summed E-state index contributed by atoms with van der Waals surface area (Å²) in [5, 5.41) is 3.44. The monoisotopic (exact) mass is 285 g/mol. The molecule has 0 spiro atoms. The lowest BCUT2D eigenvalue weighted by Crippen LogP contribution is -2.15. The second-order valence-corrected chi connectivity index (χ2v) is 5.16. The van der Waals surface area contributed by atoms with Gasteiger partial charge in [0.15, 0.2) is 0 Å². The summed E-state index contributed by atoms with van der Waals surface area (Å²) in [6.45, 7) is 8.13. The minimum atomic E-state index is 0.522. The maximum absolute atomic E-state index is 5.11. The first-order valence-electron chi connectivity index (χ1n) is 5.54. The van der Waals surface area contributed by atoms with Gasteiger partial charge in [0.2, 0.25) is 0 Å². The largest absolute Gasteiger partial charge is 0.385 e.